The molecule has 8 heavy (non-hydrogen) atoms. The molecule has 1 heteroatoms. The first-order chi connectivity index (χ1) is 3.79. The third-order valence-electron chi connectivity index (χ3n) is 1.47. The molecule has 1 aliphatic rings. The Bertz CT molecular complexity index is 62.8. The van der Waals surface area contributed by atoms with E-state index in [1.54, 1.807) is 0 Å². The van der Waals surface area contributed by atoms with E-state index in [1.165, 1.54) is 12.8 Å². The van der Waals surface area contributed by atoms with Crippen LogP contribution in [0.1, 0.15) is 26.7 Å². The van der Waals surface area contributed by atoms with Crippen LogP contribution in [0.3, 0.4) is 0 Å². The van der Waals surface area contributed by atoms with Crippen LogP contribution in [0.4, 0.5) is 0 Å². The summed E-state index contributed by atoms with van der Waals surface area (Å²) in [5.41, 5.74) is 0. The van der Waals surface area contributed by atoms with Crippen LogP contribution in [0.25, 0.3) is 0 Å². The average Bonchev–Trinajstić information content (AvgIpc) is 2.41. The maximum atomic E-state index is 5.06. The van der Waals surface area contributed by atoms with Crippen molar-refractivity contribution in [2.75, 3.05) is 6.61 Å². The van der Waals surface area contributed by atoms with Crippen molar-refractivity contribution in [3.05, 3.63) is 0 Å². The maximum absolute atomic E-state index is 5.06. The Morgan fingerprint density at radius 2 is 2.25 bits per heavy atom. The first-order valence-corrected chi connectivity index (χ1v) is 3.40. The van der Waals surface area contributed by atoms with Crippen molar-refractivity contribution < 1.29 is 4.74 Å². The van der Waals surface area contributed by atoms with Crippen LogP contribution in [0.15, 0.2) is 0 Å². The van der Waals surface area contributed by atoms with E-state index in [1.807, 2.05) is 0 Å². The second kappa shape index (κ2) is 2.49. The summed E-state index contributed by atoms with van der Waals surface area (Å²) in [7, 11) is 0. The van der Waals surface area contributed by atoms with Crippen molar-refractivity contribution in [1.82, 2.24) is 0 Å². The minimum Gasteiger partial charge on any atom is -0.373 e. The van der Waals surface area contributed by atoms with Crippen molar-refractivity contribution in [1.29, 1.82) is 0 Å². The van der Waals surface area contributed by atoms with Crippen molar-refractivity contribution >= 4 is 0 Å². The lowest BCUT2D eigenvalue weighted by Crippen LogP contribution is -1.90. The molecule has 1 aliphatic heterocycles. The lowest BCUT2D eigenvalue weighted by atomic mass is 10.1. The summed E-state index contributed by atoms with van der Waals surface area (Å²) in [5, 5.41) is 0. The lowest BCUT2D eigenvalue weighted by molar-refractivity contribution is 0.378. The van der Waals surface area contributed by atoms with Crippen molar-refractivity contribution in [2.45, 2.75) is 32.8 Å². The van der Waals surface area contributed by atoms with Crippen molar-refractivity contribution in [3.8, 4) is 0 Å². The molecule has 1 rings (SSSR count). The van der Waals surface area contributed by atoms with Crippen LogP contribution in [-0.4, -0.2) is 12.7 Å². The lowest BCUT2D eigenvalue weighted by Gasteiger charge is -1.98. The van der Waals surface area contributed by atoms with Gasteiger partial charge >= 0.3 is 0 Å². The normalized spacial score (nSPS) is 26.6. The van der Waals surface area contributed by atoms with Crippen LogP contribution in [0.5, 0.6) is 0 Å². The molecular weight excluding hydrogens is 100 g/mol. The number of ether oxygens (including phenoxy) is 1. The maximum Gasteiger partial charge on any atom is 0.0810 e. The molecule has 0 aromatic carbocycles. The molecule has 0 bridgehead atoms. The average molecular weight is 114 g/mol. The van der Waals surface area contributed by atoms with Gasteiger partial charge in [-0.3, -0.25) is 0 Å². The summed E-state index contributed by atoms with van der Waals surface area (Å²) < 4.78 is 5.06. The topological polar surface area (TPSA) is 12.5 Å². The molecule has 0 radical (unpaired) electrons. The van der Waals surface area contributed by atoms with Gasteiger partial charge in [-0.25, -0.2) is 0 Å². The van der Waals surface area contributed by atoms with Crippen LogP contribution < -0.4 is 0 Å². The van der Waals surface area contributed by atoms with Gasteiger partial charge in [-0.05, 0) is 18.8 Å². The summed E-state index contributed by atoms with van der Waals surface area (Å²) in [4.78, 5) is 0. The van der Waals surface area contributed by atoms with E-state index >= 15 is 0 Å². The molecule has 1 heterocycles. The third-order valence-corrected chi connectivity index (χ3v) is 1.47. The Balaban J connectivity index is 1.87. The van der Waals surface area contributed by atoms with Crippen LogP contribution in [-0.2, 0) is 4.74 Å². The Hall–Kier alpha value is -0.0400. The molecule has 1 nitrogen and oxygen atoms in total. The monoisotopic (exact) mass is 114 g/mol. The van der Waals surface area contributed by atoms with Crippen LogP contribution in [0, 0.1) is 5.92 Å². The first kappa shape index (κ1) is 6.09. The second-order valence-electron chi connectivity index (χ2n) is 2.93. The minimum absolute atomic E-state index is 0.636. The van der Waals surface area contributed by atoms with Gasteiger partial charge in [-0.2, -0.15) is 0 Å². The molecule has 0 aromatic heterocycles. The molecule has 0 spiro atoms. The smallest absolute Gasteiger partial charge is 0.0810 e. The highest BCUT2D eigenvalue weighted by molar-refractivity contribution is 4.68. The fourth-order valence-corrected chi connectivity index (χ4v) is 0.754. The molecule has 1 atom stereocenters. The van der Waals surface area contributed by atoms with E-state index in [9.17, 15) is 0 Å². The van der Waals surface area contributed by atoms with E-state index < -0.39 is 0 Å². The highest BCUT2D eigenvalue weighted by Crippen LogP contribution is 2.18. The van der Waals surface area contributed by atoms with E-state index in [0.29, 0.717) is 6.10 Å². The number of hydrogen-bond donors (Lipinski definition) is 0. The zero-order chi connectivity index (χ0) is 5.98. The number of epoxide rings is 1. The van der Waals surface area contributed by atoms with Gasteiger partial charge in [0, 0.05) is 0 Å². The van der Waals surface area contributed by atoms with Gasteiger partial charge in [-0.1, -0.05) is 13.8 Å². The van der Waals surface area contributed by atoms with Gasteiger partial charge in [0.15, 0.2) is 0 Å². The van der Waals surface area contributed by atoms with E-state index in [-0.39, 0.29) is 0 Å². The molecule has 48 valence electrons. The third kappa shape index (κ3) is 2.31. The zero-order valence-electron chi connectivity index (χ0n) is 5.68. The Morgan fingerprint density at radius 1 is 1.62 bits per heavy atom. The zero-order valence-corrected chi connectivity index (χ0v) is 5.68. The summed E-state index contributed by atoms with van der Waals surface area (Å²) in [6, 6.07) is 0. The largest absolute Gasteiger partial charge is 0.373 e. The van der Waals surface area contributed by atoms with Gasteiger partial charge in [0.2, 0.25) is 0 Å². The molecule has 1 saturated heterocycles. The van der Waals surface area contributed by atoms with Gasteiger partial charge < -0.3 is 4.74 Å². The summed E-state index contributed by atoms with van der Waals surface area (Å²) in [5.74, 6) is 0.846. The fourth-order valence-electron chi connectivity index (χ4n) is 0.754. The van der Waals surface area contributed by atoms with Gasteiger partial charge in [0.1, 0.15) is 0 Å². The molecule has 0 aromatic rings. The van der Waals surface area contributed by atoms with Crippen molar-refractivity contribution in [3.63, 3.8) is 0 Å². The Morgan fingerprint density at radius 3 is 2.62 bits per heavy atom. The van der Waals surface area contributed by atoms with Crippen molar-refractivity contribution in [2.24, 2.45) is 5.92 Å². The molecule has 0 aliphatic carbocycles. The summed E-state index contributed by atoms with van der Waals surface area (Å²) >= 11 is 0. The molecule has 1 fully saturated rings. The number of rotatable bonds is 3. The predicted molar refractivity (Wildman–Crippen MR) is 33.8 cm³/mol. The van der Waals surface area contributed by atoms with Gasteiger partial charge in [-0.15, -0.1) is 0 Å². The predicted octanol–water partition coefficient (Wildman–Crippen LogP) is 1.82. The van der Waals surface area contributed by atoms with Gasteiger partial charge in [0.25, 0.3) is 0 Å². The molecule has 0 unspecified atom stereocenters. The highest BCUT2D eigenvalue weighted by Gasteiger charge is 2.21. The Kier molecular flexibility index (Phi) is 1.90. The minimum atomic E-state index is 0.636. The quantitative estimate of drug-likeness (QED) is 0.510. The number of hydrogen-bond acceptors (Lipinski definition) is 1. The van der Waals surface area contributed by atoms with Gasteiger partial charge in [0.05, 0.1) is 12.7 Å². The standard InChI is InChI=1S/C7H14O/c1-6(2)3-4-7-5-8-7/h6-7H,3-5H2,1-2H3/t7-/m1/s1. The van der Waals surface area contributed by atoms with Crippen LogP contribution >= 0.6 is 0 Å². The van der Waals surface area contributed by atoms with Crippen LogP contribution in [0.2, 0.25) is 0 Å². The second-order valence-corrected chi connectivity index (χ2v) is 2.93. The molecule has 0 saturated carbocycles. The summed E-state index contributed by atoms with van der Waals surface area (Å²) in [6.45, 7) is 5.53. The molecule has 0 amide bonds. The first-order valence-electron chi connectivity index (χ1n) is 3.40. The molecule has 0 N–H and O–H groups in total. The molecular formula is C7H14O. The van der Waals surface area contributed by atoms with E-state index in [2.05, 4.69) is 13.8 Å². The van der Waals surface area contributed by atoms with E-state index in [0.717, 1.165) is 12.5 Å². The fraction of sp³-hybridized carbons (Fsp3) is 1.00. The van der Waals surface area contributed by atoms with E-state index in [4.69, 9.17) is 4.74 Å². The highest BCUT2D eigenvalue weighted by atomic mass is 16.6. The SMILES string of the molecule is CC(C)CC[C@@H]1CO1. The Labute approximate surface area is 51.0 Å². The summed E-state index contributed by atoms with van der Waals surface area (Å²) in [6.07, 6.45) is 3.24.